The van der Waals surface area contributed by atoms with Crippen molar-refractivity contribution in [2.24, 2.45) is 0 Å². The summed E-state index contributed by atoms with van der Waals surface area (Å²) in [4.78, 5) is 21.4. The fraction of sp³-hybridized carbons (Fsp3) is 0.522. The first-order chi connectivity index (χ1) is 16.2. The van der Waals surface area contributed by atoms with Crippen molar-refractivity contribution in [2.45, 2.75) is 57.4 Å². The van der Waals surface area contributed by atoms with E-state index in [1.807, 2.05) is 0 Å². The number of halogens is 4. The monoisotopic (exact) mass is 482 g/mol. The Balaban J connectivity index is 1.65. The van der Waals surface area contributed by atoms with Gasteiger partial charge in [-0.25, -0.2) is 27.5 Å². The first-order valence-corrected chi connectivity index (χ1v) is 11.0. The Bertz CT molecular complexity index is 1060. The molecule has 2 aliphatic rings. The van der Waals surface area contributed by atoms with Crippen molar-refractivity contribution in [3.63, 3.8) is 0 Å². The van der Waals surface area contributed by atoms with Crippen LogP contribution >= 0.6 is 0 Å². The van der Waals surface area contributed by atoms with Gasteiger partial charge in [0.2, 0.25) is 5.91 Å². The van der Waals surface area contributed by atoms with Gasteiger partial charge in [-0.15, -0.1) is 0 Å². The lowest BCUT2D eigenvalue weighted by Crippen LogP contribution is -2.39. The molecule has 1 aromatic carbocycles. The van der Waals surface area contributed by atoms with E-state index in [4.69, 9.17) is 9.47 Å². The summed E-state index contributed by atoms with van der Waals surface area (Å²) < 4.78 is 65.5. The molecule has 0 bridgehead atoms. The lowest BCUT2D eigenvalue weighted by molar-refractivity contribution is -0.121. The second kappa shape index (κ2) is 9.83. The predicted molar refractivity (Wildman–Crippen MR) is 115 cm³/mol. The molecular formula is C23H26F4N4O3. The number of aryl methyl sites for hydroxylation is 1. The first-order valence-electron chi connectivity index (χ1n) is 11.0. The molecule has 1 aromatic heterocycles. The zero-order chi connectivity index (χ0) is 24.5. The highest BCUT2D eigenvalue weighted by Crippen LogP contribution is 2.37. The van der Waals surface area contributed by atoms with Gasteiger partial charge in [0.25, 0.3) is 6.43 Å². The highest BCUT2D eigenvalue weighted by Gasteiger charge is 2.44. The number of anilines is 1. The van der Waals surface area contributed by atoms with Crippen molar-refractivity contribution in [3.8, 4) is 0 Å². The van der Waals surface area contributed by atoms with E-state index in [-0.39, 0.29) is 17.8 Å². The molecule has 1 saturated carbocycles. The van der Waals surface area contributed by atoms with Gasteiger partial charge >= 0.3 is 0 Å². The lowest BCUT2D eigenvalue weighted by Gasteiger charge is -2.23. The number of ether oxygens (including phenoxy) is 2. The molecule has 0 spiro atoms. The second-order valence-electron chi connectivity index (χ2n) is 8.61. The molecule has 184 valence electrons. The van der Waals surface area contributed by atoms with Gasteiger partial charge in [-0.3, -0.25) is 4.79 Å². The second-order valence-corrected chi connectivity index (χ2v) is 8.61. The molecule has 2 heterocycles. The van der Waals surface area contributed by atoms with Gasteiger partial charge in [-0.2, -0.15) is 0 Å². The fourth-order valence-corrected chi connectivity index (χ4v) is 3.95. The van der Waals surface area contributed by atoms with Crippen LogP contribution in [0.1, 0.15) is 66.7 Å². The van der Waals surface area contributed by atoms with Gasteiger partial charge < -0.3 is 20.1 Å². The number of amides is 1. The van der Waals surface area contributed by atoms with Crippen molar-refractivity contribution in [1.82, 2.24) is 15.3 Å². The molecule has 2 aromatic rings. The van der Waals surface area contributed by atoms with Crippen LogP contribution in [0.15, 0.2) is 18.2 Å². The number of nitrogens with one attached hydrogen (secondary N) is 2. The van der Waals surface area contributed by atoms with Gasteiger partial charge in [0.1, 0.15) is 24.1 Å². The summed E-state index contributed by atoms with van der Waals surface area (Å²) in [6.07, 6.45) is -2.83. The number of hydrogen-bond acceptors (Lipinski definition) is 6. The maximum atomic E-state index is 14.7. The topological polar surface area (TPSA) is 85.4 Å². The summed E-state index contributed by atoms with van der Waals surface area (Å²) >= 11 is 0. The molecule has 1 atom stereocenters. The molecule has 11 heteroatoms. The lowest BCUT2D eigenvalue weighted by atomic mass is 10.0. The number of nitrogens with zero attached hydrogens (tertiary/aromatic N) is 2. The Kier molecular flexibility index (Phi) is 7.04. The van der Waals surface area contributed by atoms with Gasteiger partial charge in [-0.05, 0) is 26.7 Å². The van der Waals surface area contributed by atoms with Crippen molar-refractivity contribution < 1.29 is 31.8 Å². The largest absolute Gasteiger partial charge is 0.363 e. The van der Waals surface area contributed by atoms with E-state index in [0.29, 0.717) is 43.1 Å². The summed E-state index contributed by atoms with van der Waals surface area (Å²) in [5.41, 5.74) is -0.774. The smallest absolute Gasteiger partial charge is 0.266 e. The summed E-state index contributed by atoms with van der Waals surface area (Å²) in [7, 11) is 0. The quantitative estimate of drug-likeness (QED) is 0.520. The molecule has 1 saturated heterocycles. The zero-order valence-electron chi connectivity index (χ0n) is 18.8. The van der Waals surface area contributed by atoms with E-state index >= 15 is 0 Å². The van der Waals surface area contributed by atoms with E-state index in [1.165, 1.54) is 12.1 Å². The summed E-state index contributed by atoms with van der Waals surface area (Å²) in [5, 5.41) is 5.77. The fourth-order valence-electron chi connectivity index (χ4n) is 3.95. The van der Waals surface area contributed by atoms with Crippen molar-refractivity contribution in [1.29, 1.82) is 0 Å². The maximum Gasteiger partial charge on any atom is 0.266 e. The third kappa shape index (κ3) is 5.15. The van der Waals surface area contributed by atoms with E-state index in [1.54, 1.807) is 13.8 Å². The average molecular weight is 482 g/mol. The van der Waals surface area contributed by atoms with Crippen LogP contribution in [0.4, 0.5) is 23.4 Å². The third-order valence-electron chi connectivity index (χ3n) is 5.95. The number of alkyl halides is 3. The van der Waals surface area contributed by atoms with Crippen LogP contribution in [0.5, 0.6) is 0 Å². The normalized spacial score (nSPS) is 18.2. The van der Waals surface area contributed by atoms with Gasteiger partial charge in [-0.1, -0.05) is 18.2 Å². The third-order valence-corrected chi connectivity index (χ3v) is 5.95. The molecule has 7 nitrogen and oxygen atoms in total. The number of benzene rings is 1. The summed E-state index contributed by atoms with van der Waals surface area (Å²) in [6, 6.07) is 3.06. The molecule has 4 rings (SSSR count). The van der Waals surface area contributed by atoms with Crippen molar-refractivity contribution in [3.05, 3.63) is 52.2 Å². The molecule has 34 heavy (non-hydrogen) atoms. The minimum atomic E-state index is -2.95. The van der Waals surface area contributed by atoms with Crippen LogP contribution in [-0.2, 0) is 20.7 Å². The van der Waals surface area contributed by atoms with E-state index < -0.39 is 48.3 Å². The highest BCUT2D eigenvalue weighted by molar-refractivity contribution is 5.80. The summed E-state index contributed by atoms with van der Waals surface area (Å²) in [5.74, 6) is -0.836. The van der Waals surface area contributed by atoms with Crippen molar-refractivity contribution >= 4 is 11.7 Å². The number of rotatable bonds is 9. The first kappa shape index (κ1) is 24.3. The number of aromatic nitrogens is 2. The van der Waals surface area contributed by atoms with Gasteiger partial charge in [0.05, 0.1) is 48.0 Å². The Morgan fingerprint density at radius 1 is 1.21 bits per heavy atom. The van der Waals surface area contributed by atoms with Gasteiger partial charge in [0, 0.05) is 5.56 Å². The van der Waals surface area contributed by atoms with Crippen LogP contribution < -0.4 is 10.6 Å². The Morgan fingerprint density at radius 2 is 1.88 bits per heavy atom. The molecule has 2 N–H and O–H groups in total. The average Bonchev–Trinajstić information content (AvgIpc) is 3.33. The predicted octanol–water partition coefficient (Wildman–Crippen LogP) is 4.24. The van der Waals surface area contributed by atoms with Crippen LogP contribution in [0.2, 0.25) is 0 Å². The molecule has 0 unspecified atom stereocenters. The SMILES string of the molecule is Cc1nc(CC(=O)NC2(CF)CC2)c(C2OCCO2)c(N[C@H](C)c2cccc(C(F)F)c2F)n1. The molecular weight excluding hydrogens is 456 g/mol. The number of hydrogen-bond donors (Lipinski definition) is 2. The minimum Gasteiger partial charge on any atom is -0.363 e. The van der Waals surface area contributed by atoms with E-state index in [9.17, 15) is 22.4 Å². The standard InChI is InChI=1S/C23H26F4N4O3/c1-12(14-4-3-5-15(19(14)25)20(26)27)28-21-18(22-33-8-9-34-22)16(29-13(2)30-21)10-17(32)31-23(11-24)6-7-23/h3-5,12,20,22H,6-11H2,1-2H3,(H,31,32)(H,28,29,30)/t12-/m1/s1. The molecule has 0 radical (unpaired) electrons. The van der Waals surface area contributed by atoms with Crippen LogP contribution in [0.3, 0.4) is 0 Å². The summed E-state index contributed by atoms with van der Waals surface area (Å²) in [6.45, 7) is 3.22. The molecule has 1 amide bonds. The van der Waals surface area contributed by atoms with E-state index in [0.717, 1.165) is 6.07 Å². The highest BCUT2D eigenvalue weighted by atomic mass is 19.3. The molecule has 1 aliphatic heterocycles. The Labute approximate surface area is 194 Å². The van der Waals surface area contributed by atoms with E-state index in [2.05, 4.69) is 20.6 Å². The van der Waals surface area contributed by atoms with Gasteiger partial charge in [0.15, 0.2) is 6.29 Å². The Hall–Kier alpha value is -2.79. The Morgan fingerprint density at radius 3 is 2.50 bits per heavy atom. The zero-order valence-corrected chi connectivity index (χ0v) is 18.8. The minimum absolute atomic E-state index is 0.0335. The number of carbonyl (C=O) groups is 1. The molecule has 2 fully saturated rings. The van der Waals surface area contributed by atoms with Crippen molar-refractivity contribution in [2.75, 3.05) is 25.2 Å². The number of carbonyl (C=O) groups excluding carboxylic acids is 1. The van der Waals surface area contributed by atoms with Crippen LogP contribution in [0, 0.1) is 12.7 Å². The maximum absolute atomic E-state index is 14.7. The van der Waals surface area contributed by atoms with Crippen LogP contribution in [0.25, 0.3) is 0 Å². The molecule has 1 aliphatic carbocycles. The van der Waals surface area contributed by atoms with Crippen LogP contribution in [-0.4, -0.2) is 41.3 Å².